The highest BCUT2D eigenvalue weighted by Crippen LogP contribution is 2.25. The van der Waals surface area contributed by atoms with Crippen molar-refractivity contribution in [3.63, 3.8) is 0 Å². The number of piperidine rings is 1. The van der Waals surface area contributed by atoms with Crippen LogP contribution in [-0.4, -0.2) is 48.5 Å². The summed E-state index contributed by atoms with van der Waals surface area (Å²) in [5.41, 5.74) is 2.97. The topological polar surface area (TPSA) is 56.7 Å². The van der Waals surface area contributed by atoms with E-state index in [2.05, 4.69) is 15.4 Å². The van der Waals surface area contributed by atoms with Crippen molar-refractivity contribution in [3.8, 4) is 0 Å². The van der Waals surface area contributed by atoms with Gasteiger partial charge in [-0.3, -0.25) is 4.90 Å². The van der Waals surface area contributed by atoms with Gasteiger partial charge in [0.25, 0.3) is 0 Å². The van der Waals surface area contributed by atoms with Crippen LogP contribution in [0.2, 0.25) is 0 Å². The van der Waals surface area contributed by atoms with Crippen LogP contribution in [0.4, 0.5) is 18.0 Å². The Hall–Kier alpha value is -1.31. The zero-order valence-corrected chi connectivity index (χ0v) is 11.9. The highest BCUT2D eigenvalue weighted by atomic mass is 19.4. The van der Waals surface area contributed by atoms with E-state index in [9.17, 15) is 18.0 Å². The molecule has 5 nitrogen and oxygen atoms in total. The molecule has 2 fully saturated rings. The minimum atomic E-state index is -4.41. The van der Waals surface area contributed by atoms with Gasteiger partial charge < -0.3 is 5.32 Å². The average molecular weight is 306 g/mol. The lowest BCUT2D eigenvalue weighted by atomic mass is 10.1. The second kappa shape index (κ2) is 7.11. The normalized spacial score (nSPS) is 21.4. The molecule has 1 saturated carbocycles. The summed E-state index contributed by atoms with van der Waals surface area (Å²) in [6.07, 6.45) is 2.21. The molecular weight excluding hydrogens is 285 g/mol. The zero-order valence-electron chi connectivity index (χ0n) is 11.9. The monoisotopic (exact) mass is 306 g/mol. The number of halogens is 3. The third-order valence-corrected chi connectivity index (χ3v) is 3.98. The number of amides is 2. The quantitative estimate of drug-likeness (QED) is 0.786. The molecule has 0 radical (unpaired) electrons. The number of rotatable bonds is 3. The lowest BCUT2D eigenvalue weighted by molar-refractivity contribution is -0.122. The summed E-state index contributed by atoms with van der Waals surface area (Å²) >= 11 is 0. The summed E-state index contributed by atoms with van der Waals surface area (Å²) < 4.78 is 35.8. The van der Waals surface area contributed by atoms with Gasteiger partial charge in [0, 0.05) is 37.7 Å². The Balaban J connectivity index is 1.68. The molecule has 0 unspecified atom stereocenters. The summed E-state index contributed by atoms with van der Waals surface area (Å²) in [7, 11) is 0. The van der Waals surface area contributed by atoms with Crippen molar-refractivity contribution in [3.05, 3.63) is 0 Å². The van der Waals surface area contributed by atoms with Crippen molar-refractivity contribution < 1.29 is 18.0 Å². The van der Waals surface area contributed by atoms with Gasteiger partial charge in [0.15, 0.2) is 0 Å². The molecule has 1 aliphatic carbocycles. The molecule has 1 aliphatic heterocycles. The molecule has 0 bridgehead atoms. The van der Waals surface area contributed by atoms with Crippen LogP contribution in [0.3, 0.4) is 0 Å². The molecule has 0 aromatic carbocycles. The van der Waals surface area contributed by atoms with E-state index >= 15 is 0 Å². The van der Waals surface area contributed by atoms with Crippen molar-refractivity contribution in [2.24, 2.45) is 5.10 Å². The molecule has 2 aliphatic rings. The molecule has 2 N–H and O–H groups in total. The largest absolute Gasteiger partial charge is 0.405 e. The Bertz CT molecular complexity index is 381. The first-order valence-corrected chi connectivity index (χ1v) is 7.34. The van der Waals surface area contributed by atoms with Crippen LogP contribution in [0, 0.1) is 0 Å². The van der Waals surface area contributed by atoms with Crippen LogP contribution in [0.25, 0.3) is 0 Å². The molecule has 21 heavy (non-hydrogen) atoms. The van der Waals surface area contributed by atoms with Gasteiger partial charge in [0.1, 0.15) is 6.54 Å². The zero-order chi connectivity index (χ0) is 15.3. The van der Waals surface area contributed by atoms with Crippen molar-refractivity contribution in [1.82, 2.24) is 15.6 Å². The van der Waals surface area contributed by atoms with E-state index in [1.807, 2.05) is 0 Å². The minimum absolute atomic E-state index is 0.676. The number of nitrogens with one attached hydrogen (secondary N) is 2. The average Bonchev–Trinajstić information content (AvgIpc) is 2.97. The van der Waals surface area contributed by atoms with E-state index in [0.29, 0.717) is 6.04 Å². The first-order valence-electron chi connectivity index (χ1n) is 7.34. The van der Waals surface area contributed by atoms with Gasteiger partial charge in [-0.15, -0.1) is 0 Å². The summed E-state index contributed by atoms with van der Waals surface area (Å²) in [5, 5.41) is 5.63. The molecule has 2 amide bonds. The Morgan fingerprint density at radius 3 is 2.43 bits per heavy atom. The molecule has 0 spiro atoms. The number of carbonyl (C=O) groups excluding carboxylic acids is 1. The number of urea groups is 1. The van der Waals surface area contributed by atoms with Gasteiger partial charge in [-0.25, -0.2) is 10.2 Å². The highest BCUT2D eigenvalue weighted by Gasteiger charge is 2.28. The fourth-order valence-electron chi connectivity index (χ4n) is 2.88. The van der Waals surface area contributed by atoms with E-state index < -0.39 is 18.8 Å². The second-order valence-corrected chi connectivity index (χ2v) is 5.56. The van der Waals surface area contributed by atoms with Gasteiger partial charge in [-0.1, -0.05) is 12.8 Å². The summed E-state index contributed by atoms with van der Waals surface area (Å²) in [6, 6.07) is -0.243. The first-order chi connectivity index (χ1) is 9.94. The van der Waals surface area contributed by atoms with E-state index in [0.717, 1.165) is 31.6 Å². The number of nitrogens with zero attached hydrogens (tertiary/aromatic N) is 2. The minimum Gasteiger partial charge on any atom is -0.328 e. The third kappa shape index (κ3) is 5.53. The van der Waals surface area contributed by atoms with Crippen LogP contribution in [0.1, 0.15) is 38.5 Å². The number of carbonyl (C=O) groups is 1. The number of alkyl halides is 3. The number of hydrogen-bond donors (Lipinski definition) is 2. The molecular formula is C13H21F3N4O. The molecule has 2 rings (SSSR count). The Morgan fingerprint density at radius 2 is 1.86 bits per heavy atom. The van der Waals surface area contributed by atoms with Crippen molar-refractivity contribution in [2.75, 3.05) is 19.6 Å². The Labute approximate surface area is 121 Å². The van der Waals surface area contributed by atoms with E-state index in [1.54, 1.807) is 5.32 Å². The molecule has 1 saturated heterocycles. The summed E-state index contributed by atoms with van der Waals surface area (Å²) in [6.45, 7) is 0.476. The van der Waals surface area contributed by atoms with Crippen LogP contribution in [0.15, 0.2) is 5.10 Å². The predicted molar refractivity (Wildman–Crippen MR) is 73.1 cm³/mol. The van der Waals surface area contributed by atoms with Crippen LogP contribution in [-0.2, 0) is 0 Å². The maximum absolute atomic E-state index is 11.9. The number of hydrazone groups is 1. The molecule has 0 aromatic rings. The molecule has 120 valence electrons. The van der Waals surface area contributed by atoms with Gasteiger partial charge in [0.05, 0.1) is 0 Å². The van der Waals surface area contributed by atoms with Crippen molar-refractivity contribution in [2.45, 2.75) is 50.7 Å². The molecule has 0 aromatic heterocycles. The van der Waals surface area contributed by atoms with Gasteiger partial charge in [0.2, 0.25) is 0 Å². The van der Waals surface area contributed by atoms with Crippen LogP contribution < -0.4 is 10.7 Å². The fraction of sp³-hybridized carbons (Fsp3) is 0.846. The first kappa shape index (κ1) is 16.1. The predicted octanol–water partition coefficient (Wildman–Crippen LogP) is 2.24. The summed E-state index contributed by atoms with van der Waals surface area (Å²) in [5.74, 6) is 0. The van der Waals surface area contributed by atoms with Crippen LogP contribution in [0.5, 0.6) is 0 Å². The standard InChI is InChI=1S/C13H21F3N4O/c14-13(15,16)9-17-12(21)19-18-10-5-7-20(8-6-10)11-3-1-2-4-11/h11H,1-9H2,(H2,17,19,21). The van der Waals surface area contributed by atoms with E-state index in [4.69, 9.17) is 0 Å². The van der Waals surface area contributed by atoms with Gasteiger partial charge in [-0.05, 0) is 12.8 Å². The lowest BCUT2D eigenvalue weighted by Crippen LogP contribution is -2.42. The van der Waals surface area contributed by atoms with Crippen molar-refractivity contribution in [1.29, 1.82) is 0 Å². The Kier molecular flexibility index (Phi) is 5.44. The second-order valence-electron chi connectivity index (χ2n) is 5.56. The SMILES string of the molecule is O=C(NCC(F)(F)F)NN=C1CCN(C2CCCC2)CC1. The number of hydrogen-bond acceptors (Lipinski definition) is 3. The highest BCUT2D eigenvalue weighted by molar-refractivity contribution is 5.87. The van der Waals surface area contributed by atoms with Crippen molar-refractivity contribution >= 4 is 11.7 Å². The lowest BCUT2D eigenvalue weighted by Gasteiger charge is -2.32. The molecule has 1 heterocycles. The fourth-order valence-corrected chi connectivity index (χ4v) is 2.88. The number of likely N-dealkylation sites (tertiary alicyclic amines) is 1. The van der Waals surface area contributed by atoms with E-state index in [-0.39, 0.29) is 0 Å². The smallest absolute Gasteiger partial charge is 0.328 e. The molecule has 8 heteroatoms. The summed E-state index contributed by atoms with van der Waals surface area (Å²) in [4.78, 5) is 13.6. The van der Waals surface area contributed by atoms with Gasteiger partial charge in [-0.2, -0.15) is 18.3 Å². The van der Waals surface area contributed by atoms with Gasteiger partial charge >= 0.3 is 12.2 Å². The van der Waals surface area contributed by atoms with Crippen LogP contribution >= 0.6 is 0 Å². The third-order valence-electron chi connectivity index (χ3n) is 3.98. The molecule has 0 atom stereocenters. The maximum Gasteiger partial charge on any atom is 0.405 e. The maximum atomic E-state index is 11.9. The van der Waals surface area contributed by atoms with E-state index in [1.165, 1.54) is 25.7 Å². The Morgan fingerprint density at radius 1 is 1.24 bits per heavy atom.